The van der Waals surface area contributed by atoms with Crippen LogP contribution in [0, 0.1) is 13.8 Å². The predicted octanol–water partition coefficient (Wildman–Crippen LogP) is 3.37. The maximum absolute atomic E-state index is 12.3. The summed E-state index contributed by atoms with van der Waals surface area (Å²) < 4.78 is 10.3. The topological polar surface area (TPSA) is 101 Å². The molecule has 0 spiro atoms. The van der Waals surface area contributed by atoms with E-state index in [0.717, 1.165) is 22.0 Å². The van der Waals surface area contributed by atoms with Crippen LogP contribution in [-0.2, 0) is 6.42 Å². The summed E-state index contributed by atoms with van der Waals surface area (Å²) in [6.45, 7) is 4.32. The minimum absolute atomic E-state index is 0.145. The number of aromatic nitrogens is 2. The molecule has 0 saturated heterocycles. The van der Waals surface area contributed by atoms with Crippen LogP contribution in [0.5, 0.6) is 0 Å². The van der Waals surface area contributed by atoms with E-state index in [1.807, 2.05) is 26.0 Å². The van der Waals surface area contributed by atoms with E-state index in [4.69, 9.17) is 8.94 Å². The van der Waals surface area contributed by atoms with Crippen LogP contribution in [0.25, 0.3) is 22.4 Å². The van der Waals surface area contributed by atoms with Crippen LogP contribution in [0.3, 0.4) is 0 Å². The van der Waals surface area contributed by atoms with Crippen LogP contribution in [0.15, 0.2) is 56.4 Å². The summed E-state index contributed by atoms with van der Waals surface area (Å²) in [6.07, 6.45) is 1.93. The number of rotatable bonds is 5. The molecular formula is C21H19N3O4. The number of hydrogen-bond acceptors (Lipinski definition) is 5. The summed E-state index contributed by atoms with van der Waals surface area (Å²) in [5.74, 6) is 0.511. The molecule has 0 unspecified atom stereocenters. The molecule has 3 heterocycles. The number of furan rings is 1. The van der Waals surface area contributed by atoms with Gasteiger partial charge < -0.3 is 19.2 Å². The Hall–Kier alpha value is -3.61. The Kier molecular flexibility index (Phi) is 4.57. The van der Waals surface area contributed by atoms with E-state index in [1.165, 1.54) is 12.3 Å². The number of aryl methyl sites for hydroxylation is 2. The van der Waals surface area contributed by atoms with E-state index in [-0.39, 0.29) is 17.2 Å². The van der Waals surface area contributed by atoms with Gasteiger partial charge in [0.15, 0.2) is 11.5 Å². The van der Waals surface area contributed by atoms with E-state index in [1.54, 1.807) is 12.1 Å². The molecule has 0 aliphatic carbocycles. The zero-order valence-electron chi connectivity index (χ0n) is 15.5. The van der Waals surface area contributed by atoms with Crippen LogP contribution in [0.4, 0.5) is 0 Å². The van der Waals surface area contributed by atoms with E-state index < -0.39 is 0 Å². The van der Waals surface area contributed by atoms with Gasteiger partial charge in [-0.1, -0.05) is 11.2 Å². The SMILES string of the molecule is Cc1cc(C)c2cc(CCNC(=O)c3cc(-c4ccco4)on3)c(=O)[nH]c2c1. The first kappa shape index (κ1) is 17.8. The third kappa shape index (κ3) is 3.46. The Labute approximate surface area is 160 Å². The number of carbonyl (C=O) groups is 1. The van der Waals surface area contributed by atoms with Gasteiger partial charge >= 0.3 is 0 Å². The second kappa shape index (κ2) is 7.19. The molecule has 0 aliphatic heterocycles. The monoisotopic (exact) mass is 377 g/mol. The average molecular weight is 377 g/mol. The summed E-state index contributed by atoms with van der Waals surface area (Å²) in [7, 11) is 0. The van der Waals surface area contributed by atoms with E-state index >= 15 is 0 Å². The lowest BCUT2D eigenvalue weighted by molar-refractivity contribution is 0.0945. The Balaban J connectivity index is 1.44. The third-order valence-corrected chi connectivity index (χ3v) is 4.58. The molecule has 0 bridgehead atoms. The van der Waals surface area contributed by atoms with Crippen molar-refractivity contribution in [2.24, 2.45) is 0 Å². The van der Waals surface area contributed by atoms with Crippen molar-refractivity contribution in [3.05, 3.63) is 75.4 Å². The number of nitrogens with one attached hydrogen (secondary N) is 2. The fourth-order valence-corrected chi connectivity index (χ4v) is 3.22. The molecular weight excluding hydrogens is 358 g/mol. The van der Waals surface area contributed by atoms with Crippen molar-refractivity contribution in [1.82, 2.24) is 15.5 Å². The smallest absolute Gasteiger partial charge is 0.273 e. The number of aromatic amines is 1. The molecule has 3 aromatic heterocycles. The minimum Gasteiger partial charge on any atom is -0.461 e. The standard InChI is InChI=1S/C21H19N3O4/c1-12-8-13(2)15-10-14(20(25)23-16(15)9-12)5-6-22-21(26)17-11-19(28-24-17)18-4-3-7-27-18/h3-4,7-11H,5-6H2,1-2H3,(H,22,26)(H,23,25). The number of amides is 1. The van der Waals surface area contributed by atoms with Crippen LogP contribution >= 0.6 is 0 Å². The third-order valence-electron chi connectivity index (χ3n) is 4.58. The lowest BCUT2D eigenvalue weighted by atomic mass is 10.0. The molecule has 0 fully saturated rings. The van der Waals surface area contributed by atoms with Gasteiger partial charge in [-0.2, -0.15) is 0 Å². The van der Waals surface area contributed by atoms with Gasteiger partial charge in [0.25, 0.3) is 11.5 Å². The Morgan fingerprint density at radius 2 is 2.04 bits per heavy atom. The highest BCUT2D eigenvalue weighted by Gasteiger charge is 2.15. The molecule has 1 aromatic carbocycles. The van der Waals surface area contributed by atoms with Crippen LogP contribution in [0.2, 0.25) is 0 Å². The maximum Gasteiger partial charge on any atom is 0.273 e. The lowest BCUT2D eigenvalue weighted by Crippen LogP contribution is -2.27. The predicted molar refractivity (Wildman–Crippen MR) is 104 cm³/mol. The largest absolute Gasteiger partial charge is 0.461 e. The summed E-state index contributed by atoms with van der Waals surface area (Å²) in [6, 6.07) is 10.9. The Morgan fingerprint density at radius 1 is 1.18 bits per heavy atom. The van der Waals surface area contributed by atoms with E-state index in [9.17, 15) is 9.59 Å². The van der Waals surface area contributed by atoms with Crippen LogP contribution in [0.1, 0.15) is 27.2 Å². The second-order valence-corrected chi connectivity index (χ2v) is 6.73. The van der Waals surface area contributed by atoms with Gasteiger partial charge in [-0.3, -0.25) is 9.59 Å². The van der Waals surface area contributed by atoms with E-state index in [0.29, 0.717) is 30.0 Å². The first-order valence-corrected chi connectivity index (χ1v) is 8.93. The highest BCUT2D eigenvalue weighted by molar-refractivity contribution is 5.93. The highest BCUT2D eigenvalue weighted by atomic mass is 16.5. The van der Waals surface area contributed by atoms with Crippen molar-refractivity contribution in [1.29, 1.82) is 0 Å². The molecule has 0 saturated carbocycles. The van der Waals surface area contributed by atoms with Gasteiger partial charge in [-0.15, -0.1) is 0 Å². The van der Waals surface area contributed by atoms with Gasteiger partial charge in [-0.25, -0.2) is 0 Å². The van der Waals surface area contributed by atoms with Gasteiger partial charge in [0, 0.05) is 29.1 Å². The summed E-state index contributed by atoms with van der Waals surface area (Å²) >= 11 is 0. The van der Waals surface area contributed by atoms with Gasteiger partial charge in [0.1, 0.15) is 0 Å². The fourth-order valence-electron chi connectivity index (χ4n) is 3.22. The average Bonchev–Trinajstić information content (AvgIpc) is 3.34. The molecule has 2 N–H and O–H groups in total. The molecule has 0 radical (unpaired) electrons. The fraction of sp³-hybridized carbons (Fsp3) is 0.190. The van der Waals surface area contributed by atoms with Crippen molar-refractivity contribution >= 4 is 16.8 Å². The number of hydrogen-bond donors (Lipinski definition) is 2. The molecule has 7 heteroatoms. The van der Waals surface area contributed by atoms with Gasteiger partial charge in [-0.05, 0) is 55.7 Å². The molecule has 4 aromatic rings. The summed E-state index contributed by atoms with van der Waals surface area (Å²) in [5.41, 5.74) is 3.66. The number of carbonyl (C=O) groups excluding carboxylic acids is 1. The number of H-pyrrole nitrogens is 1. The summed E-state index contributed by atoms with van der Waals surface area (Å²) in [5, 5.41) is 7.53. The quantitative estimate of drug-likeness (QED) is 0.555. The molecule has 0 aliphatic rings. The van der Waals surface area contributed by atoms with Gasteiger partial charge in [0.05, 0.1) is 6.26 Å². The Morgan fingerprint density at radius 3 is 2.82 bits per heavy atom. The highest BCUT2D eigenvalue weighted by Crippen LogP contribution is 2.20. The second-order valence-electron chi connectivity index (χ2n) is 6.73. The minimum atomic E-state index is -0.370. The van der Waals surface area contributed by atoms with Crippen molar-refractivity contribution in [2.75, 3.05) is 6.54 Å². The summed E-state index contributed by atoms with van der Waals surface area (Å²) in [4.78, 5) is 27.5. The maximum atomic E-state index is 12.3. The van der Waals surface area contributed by atoms with E-state index in [2.05, 4.69) is 21.5 Å². The molecule has 28 heavy (non-hydrogen) atoms. The Bertz CT molecular complexity index is 1200. The number of fused-ring (bicyclic) bond motifs is 1. The first-order chi connectivity index (χ1) is 13.5. The van der Waals surface area contributed by atoms with Crippen LogP contribution in [-0.4, -0.2) is 22.6 Å². The molecule has 0 atom stereocenters. The molecule has 4 rings (SSSR count). The first-order valence-electron chi connectivity index (χ1n) is 8.93. The molecule has 142 valence electrons. The van der Waals surface area contributed by atoms with Crippen molar-refractivity contribution in [2.45, 2.75) is 20.3 Å². The molecule has 7 nitrogen and oxygen atoms in total. The zero-order valence-corrected chi connectivity index (χ0v) is 15.5. The van der Waals surface area contributed by atoms with Crippen molar-refractivity contribution in [3.63, 3.8) is 0 Å². The number of pyridine rings is 1. The zero-order chi connectivity index (χ0) is 19.7. The number of benzene rings is 1. The van der Waals surface area contributed by atoms with Crippen LogP contribution < -0.4 is 10.9 Å². The molecule has 1 amide bonds. The van der Waals surface area contributed by atoms with Gasteiger partial charge in [0.2, 0.25) is 5.76 Å². The van der Waals surface area contributed by atoms with Crippen molar-refractivity contribution < 1.29 is 13.7 Å². The lowest BCUT2D eigenvalue weighted by Gasteiger charge is -2.08. The number of nitrogens with zero attached hydrogens (tertiary/aromatic N) is 1. The normalized spacial score (nSPS) is 11.1. The van der Waals surface area contributed by atoms with Crippen molar-refractivity contribution in [3.8, 4) is 11.5 Å².